The Labute approximate surface area is 114 Å². The van der Waals surface area contributed by atoms with E-state index in [9.17, 15) is 0 Å². The predicted molar refractivity (Wildman–Crippen MR) is 78.4 cm³/mol. The molecule has 1 fully saturated rings. The topological polar surface area (TPSA) is 24.1 Å². The standard InChI is InChI=1S/C15H22N2S/c1-11(8-17-13-6-7-13)16-9-12-10-18-15-5-3-2-4-14(12)15/h2-5,11-13,16-17H,6-10H2,1H3. The van der Waals surface area contributed by atoms with Gasteiger partial charge in [-0.2, -0.15) is 0 Å². The summed E-state index contributed by atoms with van der Waals surface area (Å²) in [6, 6.07) is 10.2. The van der Waals surface area contributed by atoms with Crippen LogP contribution in [-0.2, 0) is 0 Å². The molecule has 1 aromatic carbocycles. The van der Waals surface area contributed by atoms with Crippen LogP contribution in [0.15, 0.2) is 29.2 Å². The quantitative estimate of drug-likeness (QED) is 0.824. The Morgan fingerprint density at radius 2 is 2.17 bits per heavy atom. The van der Waals surface area contributed by atoms with E-state index in [0.29, 0.717) is 12.0 Å². The van der Waals surface area contributed by atoms with Crippen molar-refractivity contribution in [2.24, 2.45) is 0 Å². The van der Waals surface area contributed by atoms with Gasteiger partial charge in [0.25, 0.3) is 0 Å². The van der Waals surface area contributed by atoms with Gasteiger partial charge in [0.15, 0.2) is 0 Å². The summed E-state index contributed by atoms with van der Waals surface area (Å²) in [4.78, 5) is 1.48. The van der Waals surface area contributed by atoms with Gasteiger partial charge in [0.1, 0.15) is 0 Å². The van der Waals surface area contributed by atoms with Crippen LogP contribution in [-0.4, -0.2) is 30.9 Å². The molecule has 1 aromatic rings. The third kappa shape index (κ3) is 3.08. The van der Waals surface area contributed by atoms with E-state index in [-0.39, 0.29) is 0 Å². The molecule has 0 radical (unpaired) electrons. The molecule has 2 atom stereocenters. The Balaban J connectivity index is 1.45. The molecule has 1 aliphatic heterocycles. The highest BCUT2D eigenvalue weighted by Crippen LogP contribution is 2.38. The van der Waals surface area contributed by atoms with E-state index in [1.165, 1.54) is 29.1 Å². The molecular weight excluding hydrogens is 240 g/mol. The summed E-state index contributed by atoms with van der Waals surface area (Å²) < 4.78 is 0. The fourth-order valence-electron chi connectivity index (χ4n) is 2.44. The minimum atomic E-state index is 0.573. The van der Waals surface area contributed by atoms with Gasteiger partial charge in [-0.05, 0) is 31.4 Å². The molecule has 0 bridgehead atoms. The average molecular weight is 262 g/mol. The van der Waals surface area contributed by atoms with Gasteiger partial charge in [-0.3, -0.25) is 0 Å². The van der Waals surface area contributed by atoms with Crippen LogP contribution in [0, 0.1) is 0 Å². The third-order valence-corrected chi connectivity index (χ3v) is 5.05. The Morgan fingerprint density at radius 1 is 1.33 bits per heavy atom. The minimum absolute atomic E-state index is 0.573. The molecule has 1 aliphatic carbocycles. The predicted octanol–water partition coefficient (Wildman–Crippen LogP) is 2.61. The molecule has 1 saturated carbocycles. The first-order chi connectivity index (χ1) is 8.83. The van der Waals surface area contributed by atoms with Crippen molar-refractivity contribution in [2.75, 3.05) is 18.8 Å². The van der Waals surface area contributed by atoms with Crippen LogP contribution in [0.2, 0.25) is 0 Å². The molecule has 0 spiro atoms. The van der Waals surface area contributed by atoms with Gasteiger partial charge in [-0.25, -0.2) is 0 Å². The molecule has 18 heavy (non-hydrogen) atoms. The minimum Gasteiger partial charge on any atom is -0.312 e. The number of benzene rings is 1. The van der Waals surface area contributed by atoms with Crippen molar-refractivity contribution in [3.05, 3.63) is 29.8 Å². The highest BCUT2D eigenvalue weighted by Gasteiger charge is 2.23. The molecule has 2 unspecified atom stereocenters. The molecule has 0 saturated heterocycles. The van der Waals surface area contributed by atoms with Gasteiger partial charge in [0.05, 0.1) is 0 Å². The second-order valence-corrected chi connectivity index (χ2v) is 6.60. The van der Waals surface area contributed by atoms with E-state index in [2.05, 4.69) is 41.8 Å². The molecule has 2 N–H and O–H groups in total. The maximum atomic E-state index is 3.67. The zero-order valence-corrected chi connectivity index (χ0v) is 11.8. The Kier molecular flexibility index (Phi) is 3.92. The van der Waals surface area contributed by atoms with Crippen LogP contribution in [0.4, 0.5) is 0 Å². The highest BCUT2D eigenvalue weighted by molar-refractivity contribution is 7.99. The van der Waals surface area contributed by atoms with Crippen molar-refractivity contribution >= 4 is 11.8 Å². The highest BCUT2D eigenvalue weighted by atomic mass is 32.2. The molecule has 2 aliphatic rings. The Hall–Kier alpha value is -0.510. The maximum Gasteiger partial charge on any atom is 0.0164 e. The van der Waals surface area contributed by atoms with Crippen LogP contribution in [0.1, 0.15) is 31.2 Å². The van der Waals surface area contributed by atoms with Crippen LogP contribution < -0.4 is 10.6 Å². The molecule has 0 aromatic heterocycles. The van der Waals surface area contributed by atoms with Crippen LogP contribution >= 0.6 is 11.8 Å². The number of hydrogen-bond donors (Lipinski definition) is 2. The molecule has 0 amide bonds. The van der Waals surface area contributed by atoms with Crippen LogP contribution in [0.3, 0.4) is 0 Å². The Morgan fingerprint density at radius 3 is 3.00 bits per heavy atom. The summed E-state index contributed by atoms with van der Waals surface area (Å²) in [5, 5.41) is 7.26. The lowest BCUT2D eigenvalue weighted by Crippen LogP contribution is -2.39. The second-order valence-electron chi connectivity index (χ2n) is 5.54. The summed E-state index contributed by atoms with van der Waals surface area (Å²) in [5.74, 6) is 1.92. The first-order valence-electron chi connectivity index (χ1n) is 7.01. The maximum absolute atomic E-state index is 3.67. The summed E-state index contributed by atoms with van der Waals surface area (Å²) in [6.45, 7) is 4.49. The zero-order chi connectivity index (χ0) is 12.4. The van der Waals surface area contributed by atoms with E-state index in [0.717, 1.165) is 19.1 Å². The average Bonchev–Trinajstić information content (AvgIpc) is 3.14. The van der Waals surface area contributed by atoms with E-state index < -0.39 is 0 Å². The first-order valence-corrected chi connectivity index (χ1v) is 8.00. The van der Waals surface area contributed by atoms with E-state index in [1.807, 2.05) is 11.8 Å². The smallest absolute Gasteiger partial charge is 0.0164 e. The van der Waals surface area contributed by atoms with Gasteiger partial charge in [-0.1, -0.05) is 18.2 Å². The number of hydrogen-bond acceptors (Lipinski definition) is 3. The van der Waals surface area contributed by atoms with E-state index in [1.54, 1.807) is 0 Å². The van der Waals surface area contributed by atoms with E-state index in [4.69, 9.17) is 0 Å². The van der Waals surface area contributed by atoms with Crippen LogP contribution in [0.25, 0.3) is 0 Å². The number of nitrogens with one attached hydrogen (secondary N) is 2. The van der Waals surface area contributed by atoms with Gasteiger partial charge in [0.2, 0.25) is 0 Å². The SMILES string of the molecule is CC(CNC1CC1)NCC1CSc2ccccc21. The van der Waals surface area contributed by atoms with Crippen molar-refractivity contribution < 1.29 is 0 Å². The molecule has 1 heterocycles. The summed E-state index contributed by atoms with van der Waals surface area (Å²) >= 11 is 2.00. The lowest BCUT2D eigenvalue weighted by Gasteiger charge is -2.18. The number of rotatable bonds is 6. The molecule has 3 rings (SSSR count). The van der Waals surface area contributed by atoms with Gasteiger partial charge < -0.3 is 10.6 Å². The van der Waals surface area contributed by atoms with Crippen molar-refractivity contribution in [3.63, 3.8) is 0 Å². The zero-order valence-electron chi connectivity index (χ0n) is 11.0. The fourth-order valence-corrected chi connectivity index (χ4v) is 3.70. The van der Waals surface area contributed by atoms with Crippen molar-refractivity contribution in [1.29, 1.82) is 0 Å². The van der Waals surface area contributed by atoms with Crippen LogP contribution in [0.5, 0.6) is 0 Å². The van der Waals surface area contributed by atoms with Gasteiger partial charge in [-0.15, -0.1) is 11.8 Å². The van der Waals surface area contributed by atoms with Gasteiger partial charge in [0, 0.05) is 41.7 Å². The number of fused-ring (bicyclic) bond motifs is 1. The first kappa shape index (κ1) is 12.5. The molecule has 98 valence electrons. The number of thioether (sulfide) groups is 1. The summed E-state index contributed by atoms with van der Waals surface area (Å²) in [5.41, 5.74) is 1.54. The third-order valence-electron chi connectivity index (χ3n) is 3.80. The normalized spacial score (nSPS) is 23.9. The Bertz CT molecular complexity index is 403. The lowest BCUT2D eigenvalue weighted by atomic mass is 10.0. The molecular formula is C15H22N2S. The largest absolute Gasteiger partial charge is 0.312 e. The fraction of sp³-hybridized carbons (Fsp3) is 0.600. The van der Waals surface area contributed by atoms with Crippen molar-refractivity contribution in [2.45, 2.75) is 42.7 Å². The van der Waals surface area contributed by atoms with Crippen molar-refractivity contribution in [3.8, 4) is 0 Å². The monoisotopic (exact) mass is 262 g/mol. The van der Waals surface area contributed by atoms with Gasteiger partial charge >= 0.3 is 0 Å². The van der Waals surface area contributed by atoms with Crippen molar-refractivity contribution in [1.82, 2.24) is 10.6 Å². The van der Waals surface area contributed by atoms with E-state index >= 15 is 0 Å². The molecule has 3 heteroatoms. The summed E-state index contributed by atoms with van der Waals surface area (Å²) in [7, 11) is 0. The second kappa shape index (κ2) is 5.64. The summed E-state index contributed by atoms with van der Waals surface area (Å²) in [6.07, 6.45) is 2.75. The lowest BCUT2D eigenvalue weighted by molar-refractivity contribution is 0.485. The molecule has 2 nitrogen and oxygen atoms in total.